The normalized spacial score (nSPS) is 17.7. The maximum Gasteiger partial charge on any atom is 0.338 e. The molecule has 0 saturated carbocycles. The predicted octanol–water partition coefficient (Wildman–Crippen LogP) is 6.55. The molecule has 0 spiro atoms. The molecule has 1 aliphatic rings. The van der Waals surface area contributed by atoms with E-state index in [1.165, 1.54) is 27.8 Å². The van der Waals surface area contributed by atoms with Crippen LogP contribution >= 0.6 is 0 Å². The van der Waals surface area contributed by atoms with Crippen LogP contribution in [-0.2, 0) is 4.79 Å². The highest BCUT2D eigenvalue weighted by atomic mass is 16.5. The van der Waals surface area contributed by atoms with Gasteiger partial charge in [-0.15, -0.1) is 0 Å². The van der Waals surface area contributed by atoms with Crippen LogP contribution in [0.5, 0.6) is 5.75 Å². The number of ether oxygens (including phenoxy) is 1. The van der Waals surface area contributed by atoms with E-state index in [0.717, 1.165) is 12.8 Å². The monoisotopic (exact) mass is 358 g/mol. The molecule has 0 heterocycles. The SMILES string of the molecule is C=C(C)C(=O)Oc1ccc2c(c1)C(C)CC(c1ccccc1)=C/C2=C/CC. The fourth-order valence-electron chi connectivity index (χ4n) is 3.48. The van der Waals surface area contributed by atoms with Crippen LogP contribution in [0.1, 0.15) is 56.2 Å². The zero-order valence-corrected chi connectivity index (χ0v) is 16.3. The number of hydrogen-bond donors (Lipinski definition) is 0. The second-order valence-electron chi connectivity index (χ2n) is 7.13. The van der Waals surface area contributed by atoms with Crippen molar-refractivity contribution < 1.29 is 9.53 Å². The van der Waals surface area contributed by atoms with Crippen LogP contribution in [0.2, 0.25) is 0 Å². The quantitative estimate of drug-likeness (QED) is 0.352. The van der Waals surface area contributed by atoms with Crippen LogP contribution in [0.3, 0.4) is 0 Å². The Morgan fingerprint density at radius 3 is 2.63 bits per heavy atom. The highest BCUT2D eigenvalue weighted by molar-refractivity contribution is 5.90. The lowest BCUT2D eigenvalue weighted by Crippen LogP contribution is -2.09. The Labute approximate surface area is 161 Å². The second kappa shape index (κ2) is 8.22. The number of allylic oxidation sites excluding steroid dienone is 4. The maximum atomic E-state index is 11.9. The Balaban J connectivity index is 2.03. The van der Waals surface area contributed by atoms with Crippen molar-refractivity contribution in [1.82, 2.24) is 0 Å². The topological polar surface area (TPSA) is 26.3 Å². The van der Waals surface area contributed by atoms with Crippen LogP contribution in [0.15, 0.2) is 72.8 Å². The Morgan fingerprint density at radius 2 is 1.96 bits per heavy atom. The summed E-state index contributed by atoms with van der Waals surface area (Å²) >= 11 is 0. The first kappa shape index (κ1) is 18.9. The van der Waals surface area contributed by atoms with E-state index in [2.05, 4.69) is 62.9 Å². The molecule has 1 unspecified atom stereocenters. The van der Waals surface area contributed by atoms with Gasteiger partial charge < -0.3 is 4.74 Å². The summed E-state index contributed by atoms with van der Waals surface area (Å²) in [5, 5.41) is 0. The Kier molecular flexibility index (Phi) is 5.75. The van der Waals surface area contributed by atoms with Gasteiger partial charge in [-0.3, -0.25) is 0 Å². The largest absolute Gasteiger partial charge is 0.423 e. The van der Waals surface area contributed by atoms with E-state index in [9.17, 15) is 4.79 Å². The van der Waals surface area contributed by atoms with Crippen molar-refractivity contribution in [3.05, 3.63) is 89.5 Å². The molecule has 0 radical (unpaired) electrons. The standard InChI is InChI=1S/C25H26O2/c1-5-9-20-15-21(19-10-7-6-8-11-19)14-18(4)24-16-22(12-13-23(20)24)27-25(26)17(2)3/h6-13,15-16,18H,2,5,14H2,1,3-4H3/b20-9-. The van der Waals surface area contributed by atoms with E-state index in [1.54, 1.807) is 6.92 Å². The molecule has 27 heavy (non-hydrogen) atoms. The van der Waals surface area contributed by atoms with Gasteiger partial charge in [0.15, 0.2) is 0 Å². The first-order chi connectivity index (χ1) is 13.0. The van der Waals surface area contributed by atoms with Crippen molar-refractivity contribution in [2.75, 3.05) is 0 Å². The van der Waals surface area contributed by atoms with Gasteiger partial charge in [-0.25, -0.2) is 4.79 Å². The summed E-state index contributed by atoms with van der Waals surface area (Å²) in [7, 11) is 0. The molecule has 0 aromatic heterocycles. The van der Waals surface area contributed by atoms with Gasteiger partial charge in [-0.1, -0.05) is 69.0 Å². The summed E-state index contributed by atoms with van der Waals surface area (Å²) < 4.78 is 5.46. The zero-order valence-electron chi connectivity index (χ0n) is 16.3. The van der Waals surface area contributed by atoms with Gasteiger partial charge in [0.25, 0.3) is 0 Å². The van der Waals surface area contributed by atoms with Crippen molar-refractivity contribution in [3.63, 3.8) is 0 Å². The van der Waals surface area contributed by atoms with Crippen LogP contribution in [0, 0.1) is 0 Å². The fraction of sp³-hybridized carbons (Fsp3) is 0.240. The third kappa shape index (κ3) is 4.28. The molecule has 138 valence electrons. The summed E-state index contributed by atoms with van der Waals surface area (Å²) in [4.78, 5) is 11.9. The summed E-state index contributed by atoms with van der Waals surface area (Å²) in [5.41, 5.74) is 6.65. The van der Waals surface area contributed by atoms with E-state index in [0.29, 0.717) is 17.2 Å². The van der Waals surface area contributed by atoms with Crippen molar-refractivity contribution in [2.24, 2.45) is 0 Å². The highest BCUT2D eigenvalue weighted by Crippen LogP contribution is 2.40. The van der Waals surface area contributed by atoms with Crippen LogP contribution in [0.4, 0.5) is 0 Å². The van der Waals surface area contributed by atoms with E-state index in [4.69, 9.17) is 4.74 Å². The summed E-state index contributed by atoms with van der Waals surface area (Å²) in [6, 6.07) is 16.5. The molecule has 3 rings (SSSR count). The average Bonchev–Trinajstić information content (AvgIpc) is 2.80. The minimum Gasteiger partial charge on any atom is -0.423 e. The Morgan fingerprint density at radius 1 is 1.22 bits per heavy atom. The number of esters is 1. The number of carbonyl (C=O) groups is 1. The van der Waals surface area contributed by atoms with Crippen molar-refractivity contribution in [2.45, 2.75) is 39.5 Å². The molecule has 0 N–H and O–H groups in total. The van der Waals surface area contributed by atoms with Crippen molar-refractivity contribution >= 4 is 17.1 Å². The first-order valence-corrected chi connectivity index (χ1v) is 9.47. The van der Waals surface area contributed by atoms with Gasteiger partial charge in [0, 0.05) is 5.57 Å². The molecule has 1 aliphatic carbocycles. The number of rotatable bonds is 4. The molecule has 0 aliphatic heterocycles. The van der Waals surface area contributed by atoms with E-state index >= 15 is 0 Å². The molecule has 0 bridgehead atoms. The molecule has 0 saturated heterocycles. The van der Waals surface area contributed by atoms with Crippen LogP contribution < -0.4 is 4.74 Å². The average molecular weight is 358 g/mol. The van der Waals surface area contributed by atoms with Gasteiger partial charge >= 0.3 is 5.97 Å². The molecule has 2 aromatic rings. The molecule has 2 aromatic carbocycles. The third-order valence-electron chi connectivity index (χ3n) is 4.85. The number of benzene rings is 2. The predicted molar refractivity (Wildman–Crippen MR) is 113 cm³/mol. The van der Waals surface area contributed by atoms with Crippen molar-refractivity contribution in [3.8, 4) is 5.75 Å². The smallest absolute Gasteiger partial charge is 0.338 e. The molecule has 0 amide bonds. The van der Waals surface area contributed by atoms with Gasteiger partial charge in [-0.05, 0) is 65.7 Å². The molecule has 1 atom stereocenters. The fourth-order valence-corrected chi connectivity index (χ4v) is 3.48. The second-order valence-corrected chi connectivity index (χ2v) is 7.13. The number of hydrogen-bond acceptors (Lipinski definition) is 2. The summed E-state index contributed by atoms with van der Waals surface area (Å²) in [5.74, 6) is 0.508. The van der Waals surface area contributed by atoms with Gasteiger partial charge in [0.05, 0.1) is 0 Å². The van der Waals surface area contributed by atoms with Crippen LogP contribution in [0.25, 0.3) is 11.1 Å². The van der Waals surface area contributed by atoms with Crippen molar-refractivity contribution in [1.29, 1.82) is 0 Å². The van der Waals surface area contributed by atoms with Gasteiger partial charge in [-0.2, -0.15) is 0 Å². The lowest BCUT2D eigenvalue weighted by atomic mass is 9.90. The summed E-state index contributed by atoms with van der Waals surface area (Å²) in [6.07, 6.45) is 6.48. The Bertz CT molecular complexity index is 917. The minimum atomic E-state index is -0.386. The first-order valence-electron chi connectivity index (χ1n) is 9.47. The maximum absolute atomic E-state index is 11.9. The highest BCUT2D eigenvalue weighted by Gasteiger charge is 2.21. The third-order valence-corrected chi connectivity index (χ3v) is 4.85. The lowest BCUT2D eigenvalue weighted by molar-refractivity contribution is -0.130. The molecule has 2 heteroatoms. The summed E-state index contributed by atoms with van der Waals surface area (Å²) in [6.45, 7) is 9.70. The van der Waals surface area contributed by atoms with Gasteiger partial charge in [0.1, 0.15) is 5.75 Å². The lowest BCUT2D eigenvalue weighted by Gasteiger charge is -2.16. The zero-order chi connectivity index (χ0) is 19.4. The van der Waals surface area contributed by atoms with Crippen LogP contribution in [-0.4, -0.2) is 5.97 Å². The van der Waals surface area contributed by atoms with Gasteiger partial charge in [0.2, 0.25) is 0 Å². The molecule has 2 nitrogen and oxygen atoms in total. The Hall–Kier alpha value is -2.87. The molecule has 0 fully saturated rings. The molecular formula is C25H26O2. The molecular weight excluding hydrogens is 332 g/mol. The minimum absolute atomic E-state index is 0.317. The number of carbonyl (C=O) groups excluding carboxylic acids is 1. The van der Waals surface area contributed by atoms with E-state index in [1.807, 2.05) is 18.2 Å². The van der Waals surface area contributed by atoms with E-state index < -0.39 is 0 Å². The number of fused-ring (bicyclic) bond motifs is 1. The van der Waals surface area contributed by atoms with E-state index in [-0.39, 0.29) is 5.97 Å².